The van der Waals surface area contributed by atoms with E-state index in [2.05, 4.69) is 10.3 Å². The van der Waals surface area contributed by atoms with Crippen molar-refractivity contribution in [2.45, 2.75) is 31.0 Å². The van der Waals surface area contributed by atoms with Crippen molar-refractivity contribution in [2.75, 3.05) is 11.1 Å². The van der Waals surface area contributed by atoms with E-state index in [0.29, 0.717) is 21.6 Å². The third-order valence-corrected chi connectivity index (χ3v) is 5.69. The molecule has 0 saturated carbocycles. The summed E-state index contributed by atoms with van der Waals surface area (Å²) in [5.41, 5.74) is 7.44. The van der Waals surface area contributed by atoms with Gasteiger partial charge in [0.25, 0.3) is 0 Å². The minimum Gasteiger partial charge on any atom is -0.384 e. The summed E-state index contributed by atoms with van der Waals surface area (Å²) in [5, 5.41) is 3.80. The van der Waals surface area contributed by atoms with E-state index in [1.54, 1.807) is 24.4 Å². The molecule has 2 aliphatic heterocycles. The highest BCUT2D eigenvalue weighted by atomic mass is 35.5. The Labute approximate surface area is 155 Å². The number of nitrogen functional groups attached to an aromatic ring is 1. The second kappa shape index (κ2) is 6.48. The maximum absolute atomic E-state index is 13.0. The average molecular weight is 378 g/mol. The first-order valence-corrected chi connectivity index (χ1v) is 8.91. The van der Waals surface area contributed by atoms with E-state index in [0.717, 1.165) is 18.4 Å². The number of nitrogens with zero attached hydrogens (tertiary/aromatic N) is 1. The lowest BCUT2D eigenvalue weighted by Gasteiger charge is -2.27. The molecule has 0 radical (unpaired) electrons. The molecule has 0 spiro atoms. The Morgan fingerprint density at radius 1 is 1.16 bits per heavy atom. The molecule has 2 fully saturated rings. The van der Waals surface area contributed by atoms with E-state index >= 15 is 0 Å². The molecule has 1 aromatic heterocycles. The maximum atomic E-state index is 13.0. The molecule has 1 aromatic carbocycles. The van der Waals surface area contributed by atoms with Gasteiger partial charge in [-0.25, -0.2) is 4.98 Å². The molecule has 0 aliphatic carbocycles. The van der Waals surface area contributed by atoms with E-state index in [4.69, 9.17) is 33.7 Å². The molecule has 0 unspecified atom stereocenters. The van der Waals surface area contributed by atoms with Crippen molar-refractivity contribution in [2.24, 2.45) is 5.92 Å². The van der Waals surface area contributed by atoms with Gasteiger partial charge in [0, 0.05) is 17.8 Å². The Bertz CT molecular complexity index is 830. The minimum atomic E-state index is -0.269. The first-order valence-electron chi connectivity index (χ1n) is 8.16. The lowest BCUT2D eigenvalue weighted by Crippen LogP contribution is -2.36. The van der Waals surface area contributed by atoms with Crippen molar-refractivity contribution in [1.29, 1.82) is 0 Å². The van der Waals surface area contributed by atoms with E-state index in [1.165, 1.54) is 0 Å². The van der Waals surface area contributed by atoms with Gasteiger partial charge in [-0.05, 0) is 48.7 Å². The lowest BCUT2D eigenvalue weighted by molar-refractivity contribution is -0.121. The summed E-state index contributed by atoms with van der Waals surface area (Å²) in [6.45, 7) is 0. The number of carbonyl (C=O) groups is 1. The van der Waals surface area contributed by atoms with Crippen LogP contribution in [-0.4, -0.2) is 23.1 Å². The van der Waals surface area contributed by atoms with E-state index in [9.17, 15) is 4.79 Å². The molecule has 3 heterocycles. The Morgan fingerprint density at radius 3 is 2.72 bits per heavy atom. The second-order valence-electron chi connectivity index (χ2n) is 6.47. The summed E-state index contributed by atoms with van der Waals surface area (Å²) in [4.78, 5) is 17.0. The normalized spacial score (nSPS) is 27.4. The fourth-order valence-electron chi connectivity index (χ4n) is 3.91. The number of nitrogens with two attached hydrogens (primary N) is 1. The smallest absolute Gasteiger partial charge is 0.230 e. The van der Waals surface area contributed by atoms with Crippen molar-refractivity contribution < 1.29 is 9.53 Å². The van der Waals surface area contributed by atoms with Crippen molar-refractivity contribution in [3.63, 3.8) is 0 Å². The highest BCUT2D eigenvalue weighted by Gasteiger charge is 2.52. The largest absolute Gasteiger partial charge is 0.384 e. The number of nitrogens with one attached hydrogen (secondary N) is 1. The number of carbonyl (C=O) groups excluding carboxylic acids is 1. The third kappa shape index (κ3) is 3.08. The average Bonchev–Trinajstić information content (AvgIpc) is 3.19. The van der Waals surface area contributed by atoms with Crippen LogP contribution in [0.15, 0.2) is 36.5 Å². The molecule has 3 N–H and O–H groups in total. The Kier molecular flexibility index (Phi) is 4.31. The lowest BCUT2D eigenvalue weighted by atomic mass is 9.75. The van der Waals surface area contributed by atoms with Gasteiger partial charge in [0.1, 0.15) is 5.82 Å². The van der Waals surface area contributed by atoms with Gasteiger partial charge < -0.3 is 15.8 Å². The summed E-state index contributed by atoms with van der Waals surface area (Å²) in [6, 6.07) is 8.78. The number of halogens is 2. The molecule has 5 nitrogen and oxygen atoms in total. The van der Waals surface area contributed by atoms with Gasteiger partial charge in [0.15, 0.2) is 0 Å². The first-order chi connectivity index (χ1) is 12.0. The molecule has 2 aliphatic rings. The fraction of sp³-hybridized carbons (Fsp3) is 0.333. The molecule has 2 aromatic rings. The molecule has 1 amide bonds. The van der Waals surface area contributed by atoms with E-state index in [1.807, 2.05) is 12.1 Å². The van der Waals surface area contributed by atoms with Gasteiger partial charge in [0.05, 0.1) is 28.2 Å². The number of benzene rings is 1. The quantitative estimate of drug-likeness (QED) is 0.850. The van der Waals surface area contributed by atoms with Crippen LogP contribution in [0.3, 0.4) is 0 Å². The summed E-state index contributed by atoms with van der Waals surface area (Å²) >= 11 is 12.0. The van der Waals surface area contributed by atoms with Crippen molar-refractivity contribution in [3.8, 4) is 0 Å². The Morgan fingerprint density at radius 2 is 1.96 bits per heavy atom. The molecule has 2 saturated heterocycles. The van der Waals surface area contributed by atoms with Gasteiger partial charge >= 0.3 is 0 Å². The Hall–Kier alpha value is -1.82. The van der Waals surface area contributed by atoms with Crippen LogP contribution in [0.5, 0.6) is 0 Å². The SMILES string of the molecule is Nc1cc([C@@H]2[C@@H](C(=O)Nc3ccc(Cl)c(Cl)c3)[C@H]3CC[C@@H]2O3)ccn1. The van der Waals surface area contributed by atoms with Gasteiger partial charge in [-0.15, -0.1) is 0 Å². The molecule has 25 heavy (non-hydrogen) atoms. The van der Waals surface area contributed by atoms with Crippen LogP contribution < -0.4 is 11.1 Å². The fourth-order valence-corrected chi connectivity index (χ4v) is 4.20. The standard InChI is InChI=1S/C18H17Cl2N3O2/c19-11-2-1-10(8-12(11)20)23-18(24)17-14-4-3-13(25-14)16(17)9-5-6-22-15(21)7-9/h1-2,5-8,13-14,16-17H,3-4H2,(H2,21,22)(H,23,24)/t13-,14+,16-,17-/m0/s1. The number of hydrogen-bond donors (Lipinski definition) is 2. The van der Waals surface area contributed by atoms with E-state index in [-0.39, 0.29) is 30.0 Å². The number of pyridine rings is 1. The zero-order valence-corrected chi connectivity index (χ0v) is 14.8. The van der Waals surface area contributed by atoms with Crippen LogP contribution in [-0.2, 0) is 9.53 Å². The summed E-state index contributed by atoms with van der Waals surface area (Å²) in [5.74, 6) is 0.0803. The number of hydrogen-bond acceptors (Lipinski definition) is 4. The summed E-state index contributed by atoms with van der Waals surface area (Å²) in [6.07, 6.45) is 3.48. The molecular formula is C18H17Cl2N3O2. The number of anilines is 2. The van der Waals surface area contributed by atoms with Crippen LogP contribution in [0.2, 0.25) is 10.0 Å². The molecule has 2 bridgehead atoms. The number of aromatic nitrogens is 1. The second-order valence-corrected chi connectivity index (χ2v) is 7.29. The topological polar surface area (TPSA) is 77.2 Å². The first kappa shape index (κ1) is 16.6. The van der Waals surface area contributed by atoms with Crippen LogP contribution >= 0.6 is 23.2 Å². The van der Waals surface area contributed by atoms with Gasteiger partial charge in [0.2, 0.25) is 5.91 Å². The van der Waals surface area contributed by atoms with Crippen LogP contribution in [0.25, 0.3) is 0 Å². The summed E-state index contributed by atoms with van der Waals surface area (Å²) in [7, 11) is 0. The maximum Gasteiger partial charge on any atom is 0.230 e. The summed E-state index contributed by atoms with van der Waals surface area (Å²) < 4.78 is 6.02. The zero-order valence-electron chi connectivity index (χ0n) is 13.3. The molecule has 130 valence electrons. The van der Waals surface area contributed by atoms with Crippen LogP contribution in [0.1, 0.15) is 24.3 Å². The molecule has 4 atom stereocenters. The van der Waals surface area contributed by atoms with Crippen LogP contribution in [0.4, 0.5) is 11.5 Å². The molecule has 4 rings (SSSR count). The predicted molar refractivity (Wildman–Crippen MR) is 97.9 cm³/mol. The van der Waals surface area contributed by atoms with Gasteiger partial charge in [-0.3, -0.25) is 4.79 Å². The minimum absolute atomic E-state index is 0.0215. The number of amides is 1. The zero-order chi connectivity index (χ0) is 17.6. The molecule has 7 heteroatoms. The van der Waals surface area contributed by atoms with Gasteiger partial charge in [-0.2, -0.15) is 0 Å². The van der Waals surface area contributed by atoms with Crippen molar-refractivity contribution >= 4 is 40.6 Å². The highest BCUT2D eigenvalue weighted by Crippen LogP contribution is 2.49. The van der Waals surface area contributed by atoms with Gasteiger partial charge in [-0.1, -0.05) is 23.2 Å². The van der Waals surface area contributed by atoms with Crippen molar-refractivity contribution in [1.82, 2.24) is 4.98 Å². The Balaban J connectivity index is 1.60. The van der Waals surface area contributed by atoms with E-state index < -0.39 is 0 Å². The molecular weight excluding hydrogens is 361 g/mol. The van der Waals surface area contributed by atoms with Crippen molar-refractivity contribution in [3.05, 3.63) is 52.1 Å². The number of ether oxygens (including phenoxy) is 1. The van der Waals surface area contributed by atoms with Crippen LogP contribution in [0, 0.1) is 5.92 Å². The monoisotopic (exact) mass is 377 g/mol. The predicted octanol–water partition coefficient (Wildman–Crippen LogP) is 3.87. The number of rotatable bonds is 3. The highest BCUT2D eigenvalue weighted by molar-refractivity contribution is 6.42. The third-order valence-electron chi connectivity index (χ3n) is 4.95. The number of fused-ring (bicyclic) bond motifs is 2.